The van der Waals surface area contributed by atoms with Crippen molar-refractivity contribution in [2.75, 3.05) is 0 Å². The Kier molecular flexibility index (Phi) is 4.69. The SMILES string of the molecule is Cc1cccc2c(=O)[nH]c(C(=O)CCc3ccc(Cl)c(Cl)c3)nc12. The number of aromatic amines is 1. The minimum atomic E-state index is -0.304. The van der Waals surface area contributed by atoms with E-state index >= 15 is 0 Å². The highest BCUT2D eigenvalue weighted by Crippen LogP contribution is 2.23. The molecule has 0 radical (unpaired) electrons. The number of aryl methyl sites for hydroxylation is 2. The summed E-state index contributed by atoms with van der Waals surface area (Å²) in [6.45, 7) is 1.86. The molecule has 122 valence electrons. The van der Waals surface area contributed by atoms with Crippen molar-refractivity contribution in [3.8, 4) is 0 Å². The van der Waals surface area contributed by atoms with E-state index in [1.54, 1.807) is 24.3 Å². The fraction of sp³-hybridized carbons (Fsp3) is 0.167. The molecule has 0 bridgehead atoms. The van der Waals surface area contributed by atoms with E-state index in [-0.39, 0.29) is 23.6 Å². The van der Waals surface area contributed by atoms with Crippen molar-refractivity contribution >= 4 is 39.9 Å². The number of fused-ring (bicyclic) bond motifs is 1. The number of aromatic nitrogens is 2. The normalized spacial score (nSPS) is 11.0. The minimum absolute atomic E-state index is 0.0851. The van der Waals surface area contributed by atoms with Crippen molar-refractivity contribution < 1.29 is 4.79 Å². The summed E-state index contributed by atoms with van der Waals surface area (Å²) < 4.78 is 0. The first-order valence-electron chi connectivity index (χ1n) is 7.42. The van der Waals surface area contributed by atoms with Crippen LogP contribution in [0, 0.1) is 6.92 Å². The second kappa shape index (κ2) is 6.75. The van der Waals surface area contributed by atoms with Crippen molar-refractivity contribution in [2.24, 2.45) is 0 Å². The maximum Gasteiger partial charge on any atom is 0.259 e. The van der Waals surface area contributed by atoms with Gasteiger partial charge in [-0.25, -0.2) is 4.98 Å². The van der Waals surface area contributed by atoms with Crippen molar-refractivity contribution in [2.45, 2.75) is 19.8 Å². The molecule has 3 rings (SSSR count). The van der Waals surface area contributed by atoms with Crippen LogP contribution in [0.1, 0.15) is 28.2 Å². The molecule has 0 saturated heterocycles. The second-order valence-corrected chi connectivity index (χ2v) is 6.37. The molecule has 3 aromatic rings. The Balaban J connectivity index is 1.85. The van der Waals surface area contributed by atoms with Gasteiger partial charge in [0.2, 0.25) is 0 Å². The number of nitrogens with zero attached hydrogens (tertiary/aromatic N) is 1. The van der Waals surface area contributed by atoms with Gasteiger partial charge in [0.05, 0.1) is 20.9 Å². The summed E-state index contributed by atoms with van der Waals surface area (Å²) in [6, 6.07) is 10.6. The van der Waals surface area contributed by atoms with E-state index in [2.05, 4.69) is 9.97 Å². The lowest BCUT2D eigenvalue weighted by Crippen LogP contribution is -2.16. The van der Waals surface area contributed by atoms with Crippen LogP contribution in [-0.4, -0.2) is 15.8 Å². The maximum absolute atomic E-state index is 12.4. The predicted octanol–water partition coefficient (Wildman–Crippen LogP) is 4.35. The van der Waals surface area contributed by atoms with Crippen molar-refractivity contribution in [3.63, 3.8) is 0 Å². The molecule has 0 amide bonds. The molecular weight excluding hydrogens is 347 g/mol. The van der Waals surface area contributed by atoms with Crippen LogP contribution in [-0.2, 0) is 6.42 Å². The summed E-state index contributed by atoms with van der Waals surface area (Å²) in [5, 5.41) is 1.41. The number of para-hydroxylation sites is 1. The summed E-state index contributed by atoms with van der Waals surface area (Å²) >= 11 is 11.9. The first-order chi connectivity index (χ1) is 11.5. The summed E-state index contributed by atoms with van der Waals surface area (Å²) in [5.41, 5.74) is 2.01. The molecule has 0 spiro atoms. The van der Waals surface area contributed by atoms with Crippen molar-refractivity contribution in [1.29, 1.82) is 0 Å². The van der Waals surface area contributed by atoms with Gasteiger partial charge in [-0.1, -0.05) is 41.4 Å². The van der Waals surface area contributed by atoms with E-state index in [1.165, 1.54) is 0 Å². The fourth-order valence-corrected chi connectivity index (χ4v) is 2.83. The standard InChI is InChI=1S/C18H14Cl2N2O2/c1-10-3-2-4-12-16(10)21-17(22-18(12)24)15(23)8-6-11-5-7-13(19)14(20)9-11/h2-5,7,9H,6,8H2,1H3,(H,21,22,24). The van der Waals surface area contributed by atoms with Crippen LogP contribution < -0.4 is 5.56 Å². The third kappa shape index (κ3) is 3.35. The number of H-pyrrole nitrogens is 1. The minimum Gasteiger partial charge on any atom is -0.303 e. The summed E-state index contributed by atoms with van der Waals surface area (Å²) in [6.07, 6.45) is 0.712. The Hall–Kier alpha value is -2.17. The van der Waals surface area contributed by atoms with Crippen LogP contribution in [0.4, 0.5) is 0 Å². The van der Waals surface area contributed by atoms with Gasteiger partial charge in [-0.3, -0.25) is 9.59 Å². The molecule has 6 heteroatoms. The second-order valence-electron chi connectivity index (χ2n) is 5.56. The number of nitrogens with one attached hydrogen (secondary N) is 1. The van der Waals surface area contributed by atoms with Crippen molar-refractivity contribution in [1.82, 2.24) is 9.97 Å². The van der Waals surface area contributed by atoms with Crippen LogP contribution in [0.15, 0.2) is 41.2 Å². The number of hydrogen-bond donors (Lipinski definition) is 1. The molecule has 0 aliphatic rings. The third-order valence-corrected chi connectivity index (χ3v) is 4.57. The van der Waals surface area contributed by atoms with Gasteiger partial charge >= 0.3 is 0 Å². The Morgan fingerprint density at radius 2 is 1.96 bits per heavy atom. The molecule has 4 nitrogen and oxygen atoms in total. The predicted molar refractivity (Wildman–Crippen MR) is 96.2 cm³/mol. The van der Waals surface area contributed by atoms with Gasteiger partial charge in [0, 0.05) is 6.42 Å². The van der Waals surface area contributed by atoms with Gasteiger partial charge in [-0.15, -0.1) is 0 Å². The molecule has 0 aliphatic carbocycles. The number of halogens is 2. The average Bonchev–Trinajstić information content (AvgIpc) is 2.56. The first-order valence-corrected chi connectivity index (χ1v) is 8.18. The third-order valence-electron chi connectivity index (χ3n) is 3.83. The maximum atomic E-state index is 12.4. The van der Waals surface area contributed by atoms with Crippen LogP contribution in [0.25, 0.3) is 10.9 Å². The van der Waals surface area contributed by atoms with E-state index < -0.39 is 0 Å². The summed E-state index contributed by atoms with van der Waals surface area (Å²) in [7, 11) is 0. The molecular formula is C18H14Cl2N2O2. The van der Waals surface area contributed by atoms with E-state index in [9.17, 15) is 9.59 Å². The van der Waals surface area contributed by atoms with Gasteiger partial charge < -0.3 is 4.98 Å². The van der Waals surface area contributed by atoms with Crippen molar-refractivity contribution in [3.05, 3.63) is 73.7 Å². The van der Waals surface area contributed by atoms with E-state index in [0.717, 1.165) is 11.1 Å². The van der Waals surface area contributed by atoms with Gasteiger partial charge in [0.1, 0.15) is 0 Å². The number of rotatable bonds is 4. The zero-order valence-corrected chi connectivity index (χ0v) is 14.4. The zero-order valence-electron chi connectivity index (χ0n) is 12.9. The number of ketones is 1. The number of benzene rings is 2. The number of carbonyl (C=O) groups is 1. The van der Waals surface area contributed by atoms with Crippen LogP contribution >= 0.6 is 23.2 Å². The lowest BCUT2D eigenvalue weighted by molar-refractivity contribution is 0.0973. The number of hydrogen-bond acceptors (Lipinski definition) is 3. The lowest BCUT2D eigenvalue weighted by atomic mass is 10.1. The molecule has 1 aromatic heterocycles. The molecule has 0 saturated carbocycles. The molecule has 1 N–H and O–H groups in total. The molecule has 1 heterocycles. The quantitative estimate of drug-likeness (QED) is 0.703. The Bertz CT molecular complexity index is 996. The summed E-state index contributed by atoms with van der Waals surface area (Å²) in [4.78, 5) is 31.4. The Morgan fingerprint density at radius 3 is 2.71 bits per heavy atom. The van der Waals surface area contributed by atoms with Gasteiger partial charge in [-0.05, 0) is 42.7 Å². The van der Waals surface area contributed by atoms with E-state index in [0.29, 0.717) is 27.4 Å². The molecule has 0 aliphatic heterocycles. The number of Topliss-reactive ketones (excluding diaryl/α,β-unsaturated/α-hetero) is 1. The van der Waals surface area contributed by atoms with Crippen LogP contribution in [0.2, 0.25) is 10.0 Å². The number of carbonyl (C=O) groups excluding carboxylic acids is 1. The Morgan fingerprint density at radius 1 is 1.17 bits per heavy atom. The molecule has 24 heavy (non-hydrogen) atoms. The average molecular weight is 361 g/mol. The van der Waals surface area contributed by atoms with Crippen LogP contribution in [0.5, 0.6) is 0 Å². The lowest BCUT2D eigenvalue weighted by Gasteiger charge is -2.05. The molecule has 0 fully saturated rings. The van der Waals surface area contributed by atoms with Gasteiger partial charge in [0.25, 0.3) is 5.56 Å². The fourth-order valence-electron chi connectivity index (χ4n) is 2.51. The van der Waals surface area contributed by atoms with Gasteiger partial charge in [0.15, 0.2) is 11.6 Å². The monoisotopic (exact) mass is 360 g/mol. The summed E-state index contributed by atoms with van der Waals surface area (Å²) in [5.74, 6) is -0.134. The highest BCUT2D eigenvalue weighted by atomic mass is 35.5. The molecule has 0 atom stereocenters. The molecule has 2 aromatic carbocycles. The van der Waals surface area contributed by atoms with E-state index in [1.807, 2.05) is 19.1 Å². The van der Waals surface area contributed by atoms with Crippen LogP contribution in [0.3, 0.4) is 0 Å². The highest BCUT2D eigenvalue weighted by Gasteiger charge is 2.13. The van der Waals surface area contributed by atoms with E-state index in [4.69, 9.17) is 23.2 Å². The zero-order chi connectivity index (χ0) is 17.3. The largest absolute Gasteiger partial charge is 0.303 e. The Labute approximate surface area is 148 Å². The first kappa shape index (κ1) is 16.7. The topological polar surface area (TPSA) is 62.8 Å². The smallest absolute Gasteiger partial charge is 0.259 e. The van der Waals surface area contributed by atoms with Gasteiger partial charge in [-0.2, -0.15) is 0 Å². The molecule has 0 unspecified atom stereocenters. The highest BCUT2D eigenvalue weighted by molar-refractivity contribution is 6.42.